The number of hydrogen-bond acceptors (Lipinski definition) is 2. The average molecular weight is 380 g/mol. The van der Waals surface area contributed by atoms with Crippen LogP contribution in [0.4, 0.5) is 0 Å². The van der Waals surface area contributed by atoms with Gasteiger partial charge in [-0.05, 0) is 35.6 Å². The highest BCUT2D eigenvalue weighted by Gasteiger charge is 2.32. The van der Waals surface area contributed by atoms with Gasteiger partial charge in [-0.3, -0.25) is 4.98 Å². The fourth-order valence-electron chi connectivity index (χ4n) is 4.41. The van der Waals surface area contributed by atoms with Crippen molar-refractivity contribution >= 4 is 21.7 Å². The Labute approximate surface area is 170 Å². The van der Waals surface area contributed by atoms with Gasteiger partial charge in [0.25, 0.3) is 0 Å². The highest BCUT2D eigenvalue weighted by molar-refractivity contribution is 6.04. The first-order valence-electron chi connectivity index (χ1n) is 9.78. The smallest absolute Gasteiger partial charge is 0.231 e. The second kappa shape index (κ2) is 6.02. The van der Waals surface area contributed by atoms with E-state index in [1.165, 1.54) is 5.56 Å². The predicted molar refractivity (Wildman–Crippen MR) is 115 cm³/mol. The first-order chi connectivity index (χ1) is 13.9. The first-order valence-corrected chi connectivity index (χ1v) is 9.78. The summed E-state index contributed by atoms with van der Waals surface area (Å²) in [5, 5.41) is 3.41. The Bertz CT molecular complexity index is 1360. The summed E-state index contributed by atoms with van der Waals surface area (Å²) in [7, 11) is 2.08. The molecule has 3 heterocycles. The van der Waals surface area contributed by atoms with Gasteiger partial charge in [-0.15, -0.1) is 0 Å². The summed E-state index contributed by atoms with van der Waals surface area (Å²) >= 11 is 0. The molecule has 0 aliphatic carbocycles. The monoisotopic (exact) mass is 380 g/mol. The maximum Gasteiger partial charge on any atom is 0.231 e. The van der Waals surface area contributed by atoms with Crippen molar-refractivity contribution < 1.29 is 9.30 Å². The molecule has 0 saturated carbocycles. The van der Waals surface area contributed by atoms with Crippen molar-refractivity contribution in [2.45, 2.75) is 32.7 Å². The van der Waals surface area contributed by atoms with Crippen molar-refractivity contribution in [3.8, 4) is 22.8 Å². The van der Waals surface area contributed by atoms with Gasteiger partial charge in [0.1, 0.15) is 18.5 Å². The van der Waals surface area contributed by atoms with Crippen LogP contribution in [0.2, 0.25) is 0 Å². The van der Waals surface area contributed by atoms with Gasteiger partial charge in [0.15, 0.2) is 6.20 Å². The second-order valence-electron chi connectivity index (χ2n) is 8.48. The van der Waals surface area contributed by atoms with Crippen LogP contribution in [0.5, 0.6) is 11.5 Å². The molecule has 4 heteroatoms. The van der Waals surface area contributed by atoms with E-state index in [9.17, 15) is 0 Å². The zero-order valence-corrected chi connectivity index (χ0v) is 17.1. The number of hydrogen-bond donors (Lipinski definition) is 0. The SMILES string of the molecule is [C-]#[N+]C(C)(C)Cc1cc2c3c([n+](C)ccc3c1)-c1c(cc3ncccc3c1C)O2. The van der Waals surface area contributed by atoms with E-state index in [0.29, 0.717) is 6.42 Å². The minimum absolute atomic E-state index is 0.439. The molecule has 0 unspecified atom stereocenters. The van der Waals surface area contributed by atoms with Crippen molar-refractivity contribution in [1.82, 2.24) is 4.98 Å². The van der Waals surface area contributed by atoms with Gasteiger partial charge in [-0.2, -0.15) is 0 Å². The molecule has 4 nitrogen and oxygen atoms in total. The highest BCUT2D eigenvalue weighted by atomic mass is 16.5. The molecule has 142 valence electrons. The van der Waals surface area contributed by atoms with Crippen LogP contribution in [0, 0.1) is 13.5 Å². The highest BCUT2D eigenvalue weighted by Crippen LogP contribution is 2.48. The number of pyridine rings is 2. The molecule has 29 heavy (non-hydrogen) atoms. The summed E-state index contributed by atoms with van der Waals surface area (Å²) < 4.78 is 8.62. The zero-order chi connectivity index (χ0) is 20.3. The van der Waals surface area contributed by atoms with E-state index in [0.717, 1.165) is 50.0 Å². The third kappa shape index (κ3) is 2.66. The molecule has 4 aromatic rings. The van der Waals surface area contributed by atoms with E-state index in [1.807, 2.05) is 32.2 Å². The summed E-state index contributed by atoms with van der Waals surface area (Å²) in [6, 6.07) is 12.5. The number of fused-ring (bicyclic) bond motifs is 3. The molecule has 2 aromatic heterocycles. The van der Waals surface area contributed by atoms with Gasteiger partial charge in [0, 0.05) is 37.6 Å². The van der Waals surface area contributed by atoms with E-state index in [2.05, 4.69) is 58.8 Å². The number of aromatic nitrogens is 2. The average Bonchev–Trinajstić information content (AvgIpc) is 2.69. The molecular weight excluding hydrogens is 358 g/mol. The van der Waals surface area contributed by atoms with Gasteiger partial charge < -0.3 is 9.58 Å². The Morgan fingerprint density at radius 3 is 2.79 bits per heavy atom. The Hall–Kier alpha value is -3.45. The molecule has 1 aliphatic heterocycles. The quantitative estimate of drug-likeness (QED) is 0.298. The molecule has 0 bridgehead atoms. The van der Waals surface area contributed by atoms with E-state index >= 15 is 0 Å². The summed E-state index contributed by atoms with van der Waals surface area (Å²) in [5.41, 5.74) is 5.09. The number of rotatable bonds is 2. The van der Waals surface area contributed by atoms with Gasteiger partial charge >= 0.3 is 0 Å². The first kappa shape index (κ1) is 17.6. The lowest BCUT2D eigenvalue weighted by Crippen LogP contribution is -2.32. The molecule has 0 spiro atoms. The number of ether oxygens (including phenoxy) is 1. The molecule has 0 saturated heterocycles. The number of aryl methyl sites for hydroxylation is 2. The molecule has 2 aromatic carbocycles. The third-order valence-corrected chi connectivity index (χ3v) is 5.79. The number of nitrogens with zero attached hydrogens (tertiary/aromatic N) is 3. The van der Waals surface area contributed by atoms with Crippen LogP contribution >= 0.6 is 0 Å². The molecule has 0 amide bonds. The summed E-state index contributed by atoms with van der Waals surface area (Å²) in [6.45, 7) is 13.6. The minimum atomic E-state index is -0.439. The van der Waals surface area contributed by atoms with E-state index in [-0.39, 0.29) is 0 Å². The molecule has 0 fully saturated rings. The van der Waals surface area contributed by atoms with Crippen molar-refractivity contribution in [3.05, 3.63) is 71.3 Å². The predicted octanol–water partition coefficient (Wildman–Crippen LogP) is 5.53. The van der Waals surface area contributed by atoms with Gasteiger partial charge in [-0.1, -0.05) is 12.1 Å². The topological polar surface area (TPSA) is 30.4 Å². The Morgan fingerprint density at radius 1 is 1.17 bits per heavy atom. The second-order valence-corrected chi connectivity index (χ2v) is 8.48. The van der Waals surface area contributed by atoms with Crippen LogP contribution in [0.1, 0.15) is 25.0 Å². The molecular formula is C25H22N3O+. The lowest BCUT2D eigenvalue weighted by Gasteiger charge is -2.22. The zero-order valence-electron chi connectivity index (χ0n) is 17.1. The summed E-state index contributed by atoms with van der Waals surface area (Å²) in [5.74, 6) is 1.69. The Kier molecular flexibility index (Phi) is 3.66. The van der Waals surface area contributed by atoms with Crippen LogP contribution < -0.4 is 9.30 Å². The van der Waals surface area contributed by atoms with Gasteiger partial charge in [0.05, 0.1) is 22.9 Å². The molecule has 0 radical (unpaired) electrons. The van der Waals surface area contributed by atoms with Crippen molar-refractivity contribution in [3.63, 3.8) is 0 Å². The largest absolute Gasteiger partial charge is 0.455 e. The van der Waals surface area contributed by atoms with E-state index in [1.54, 1.807) is 0 Å². The lowest BCUT2D eigenvalue weighted by atomic mass is 9.90. The Balaban J connectivity index is 1.83. The fourth-order valence-corrected chi connectivity index (χ4v) is 4.41. The third-order valence-electron chi connectivity index (χ3n) is 5.79. The molecule has 5 rings (SSSR count). The van der Waals surface area contributed by atoms with Crippen LogP contribution in [0.3, 0.4) is 0 Å². The van der Waals surface area contributed by atoms with Crippen LogP contribution in [0.25, 0.3) is 37.8 Å². The maximum absolute atomic E-state index is 7.47. The van der Waals surface area contributed by atoms with Gasteiger partial charge in [0.2, 0.25) is 11.2 Å². The molecule has 1 aliphatic rings. The van der Waals surface area contributed by atoms with Crippen molar-refractivity contribution in [1.29, 1.82) is 0 Å². The lowest BCUT2D eigenvalue weighted by molar-refractivity contribution is -0.659. The van der Waals surface area contributed by atoms with Crippen LogP contribution in [-0.2, 0) is 13.5 Å². The van der Waals surface area contributed by atoms with E-state index in [4.69, 9.17) is 11.3 Å². The molecule has 0 N–H and O–H groups in total. The fraction of sp³-hybridized carbons (Fsp3) is 0.240. The van der Waals surface area contributed by atoms with Crippen molar-refractivity contribution in [2.75, 3.05) is 0 Å². The maximum atomic E-state index is 7.47. The standard InChI is InChI=1S/C25H22N3O/c1-15-18-7-6-9-27-19(18)13-21-22(15)24-23-17(8-10-28(24)5)11-16(12-20(23)29-21)14-25(2,3)26-4/h6-13H,14H2,1-3,5H3/q+1. The normalized spacial score (nSPS) is 12.5. The van der Waals surface area contributed by atoms with E-state index < -0.39 is 5.54 Å². The summed E-state index contributed by atoms with van der Waals surface area (Å²) in [6.07, 6.45) is 4.60. The number of benzene rings is 2. The van der Waals surface area contributed by atoms with Crippen LogP contribution in [0.15, 0.2) is 48.8 Å². The Morgan fingerprint density at radius 2 is 2.00 bits per heavy atom. The summed E-state index contributed by atoms with van der Waals surface area (Å²) in [4.78, 5) is 8.31. The van der Waals surface area contributed by atoms with Gasteiger partial charge in [-0.25, -0.2) is 11.1 Å². The minimum Gasteiger partial charge on any atom is -0.455 e. The van der Waals surface area contributed by atoms with Crippen molar-refractivity contribution in [2.24, 2.45) is 7.05 Å². The van der Waals surface area contributed by atoms with Crippen LogP contribution in [-0.4, -0.2) is 10.5 Å². The molecule has 0 atom stereocenters.